The molecule has 0 bridgehead atoms. The zero-order chi connectivity index (χ0) is 11.4. The molecule has 1 atom stereocenters. The normalized spacial score (nSPS) is 13.8. The maximum atomic E-state index is 9.66. The van der Waals surface area contributed by atoms with Crippen LogP contribution in [0.3, 0.4) is 0 Å². The van der Waals surface area contributed by atoms with E-state index in [0.29, 0.717) is 12.5 Å². The van der Waals surface area contributed by atoms with Crippen LogP contribution in [0.25, 0.3) is 0 Å². The van der Waals surface area contributed by atoms with Gasteiger partial charge in [0.25, 0.3) is 0 Å². The highest BCUT2D eigenvalue weighted by atomic mass is 16.3. The van der Waals surface area contributed by atoms with Crippen molar-refractivity contribution in [3.05, 3.63) is 18.0 Å². The van der Waals surface area contributed by atoms with Crippen molar-refractivity contribution in [2.75, 3.05) is 0 Å². The van der Waals surface area contributed by atoms with Crippen molar-refractivity contribution in [1.82, 2.24) is 15.1 Å². The second kappa shape index (κ2) is 5.28. The fourth-order valence-electron chi connectivity index (χ4n) is 1.42. The van der Waals surface area contributed by atoms with Gasteiger partial charge in [0.1, 0.15) is 6.23 Å². The first kappa shape index (κ1) is 12.2. The Kier molecular flexibility index (Phi) is 4.29. The Hall–Kier alpha value is -0.870. The molecule has 0 saturated heterocycles. The van der Waals surface area contributed by atoms with E-state index in [4.69, 9.17) is 0 Å². The molecule has 0 spiro atoms. The molecule has 4 heteroatoms. The average Bonchev–Trinajstić information content (AvgIpc) is 2.50. The Morgan fingerprint density at radius 2 is 2.07 bits per heavy atom. The van der Waals surface area contributed by atoms with E-state index < -0.39 is 6.23 Å². The molecule has 2 N–H and O–H groups in total. The number of aliphatic hydroxyl groups is 1. The van der Waals surface area contributed by atoms with Crippen molar-refractivity contribution < 1.29 is 5.11 Å². The van der Waals surface area contributed by atoms with Crippen molar-refractivity contribution in [3.63, 3.8) is 0 Å². The van der Waals surface area contributed by atoms with Gasteiger partial charge in [-0.05, 0) is 33.8 Å². The van der Waals surface area contributed by atoms with Crippen molar-refractivity contribution in [2.24, 2.45) is 0 Å². The molecular weight excluding hydrogens is 190 g/mol. The highest BCUT2D eigenvalue weighted by Gasteiger charge is 2.09. The molecule has 15 heavy (non-hydrogen) atoms. The minimum atomic E-state index is -0.513. The molecule has 1 heterocycles. The molecule has 0 aliphatic heterocycles. The van der Waals surface area contributed by atoms with E-state index in [9.17, 15) is 5.11 Å². The molecule has 0 amide bonds. The molecule has 0 aromatic carbocycles. The molecule has 0 aliphatic carbocycles. The van der Waals surface area contributed by atoms with E-state index in [1.165, 1.54) is 0 Å². The molecule has 0 radical (unpaired) electrons. The number of aliphatic hydroxyl groups excluding tert-OH is 1. The van der Waals surface area contributed by atoms with E-state index in [2.05, 4.69) is 24.3 Å². The molecule has 0 aliphatic rings. The van der Waals surface area contributed by atoms with Gasteiger partial charge in [0.05, 0.1) is 5.69 Å². The number of aromatic nitrogens is 2. The standard InChI is InChI=1S/C11H21N3O/c1-8(2)12-11(15)7-10-5-6-14(13-10)9(3)4/h5-6,8-9,11-12,15H,7H2,1-4H3. The first-order valence-corrected chi connectivity index (χ1v) is 5.47. The molecule has 1 aromatic heterocycles. The van der Waals surface area contributed by atoms with Crippen LogP contribution in [0.2, 0.25) is 0 Å². The number of rotatable bonds is 5. The predicted molar refractivity (Wildman–Crippen MR) is 60.6 cm³/mol. The Bertz CT molecular complexity index is 294. The molecule has 4 nitrogen and oxygen atoms in total. The summed E-state index contributed by atoms with van der Waals surface area (Å²) in [7, 11) is 0. The van der Waals surface area contributed by atoms with Crippen LogP contribution in [0.5, 0.6) is 0 Å². The summed E-state index contributed by atoms with van der Waals surface area (Å²) >= 11 is 0. The number of hydrogen-bond acceptors (Lipinski definition) is 3. The third kappa shape index (κ3) is 4.01. The topological polar surface area (TPSA) is 50.1 Å². The minimum absolute atomic E-state index is 0.284. The summed E-state index contributed by atoms with van der Waals surface area (Å²) in [6, 6.07) is 2.60. The zero-order valence-electron chi connectivity index (χ0n) is 9.94. The van der Waals surface area contributed by atoms with E-state index >= 15 is 0 Å². The van der Waals surface area contributed by atoms with Crippen molar-refractivity contribution in [2.45, 2.75) is 52.4 Å². The quantitative estimate of drug-likeness (QED) is 0.722. The molecule has 0 fully saturated rings. The highest BCUT2D eigenvalue weighted by Crippen LogP contribution is 2.05. The van der Waals surface area contributed by atoms with Gasteiger partial charge in [0.2, 0.25) is 0 Å². The number of hydrogen-bond donors (Lipinski definition) is 2. The van der Waals surface area contributed by atoms with E-state index in [0.717, 1.165) is 5.69 Å². The summed E-state index contributed by atoms with van der Waals surface area (Å²) in [6.45, 7) is 8.19. The lowest BCUT2D eigenvalue weighted by Gasteiger charge is -2.14. The Morgan fingerprint density at radius 3 is 2.53 bits per heavy atom. The van der Waals surface area contributed by atoms with Gasteiger partial charge >= 0.3 is 0 Å². The summed E-state index contributed by atoms with van der Waals surface area (Å²) in [4.78, 5) is 0. The first-order chi connectivity index (χ1) is 6.99. The lowest BCUT2D eigenvalue weighted by Crippen LogP contribution is -2.36. The molecule has 0 saturated carbocycles. The van der Waals surface area contributed by atoms with Gasteiger partial charge in [-0.15, -0.1) is 0 Å². The number of nitrogens with zero attached hydrogens (tertiary/aromatic N) is 2. The van der Waals surface area contributed by atoms with E-state index in [1.54, 1.807) is 0 Å². The van der Waals surface area contributed by atoms with Gasteiger partial charge in [-0.1, -0.05) is 0 Å². The average molecular weight is 211 g/mol. The summed E-state index contributed by atoms with van der Waals surface area (Å²) in [6.07, 6.45) is 1.99. The van der Waals surface area contributed by atoms with E-state index in [-0.39, 0.29) is 6.04 Å². The van der Waals surface area contributed by atoms with Crippen molar-refractivity contribution >= 4 is 0 Å². The van der Waals surface area contributed by atoms with Gasteiger partial charge in [0.15, 0.2) is 0 Å². The smallest absolute Gasteiger partial charge is 0.110 e. The van der Waals surface area contributed by atoms with Crippen molar-refractivity contribution in [3.8, 4) is 0 Å². The largest absolute Gasteiger partial charge is 0.378 e. The summed E-state index contributed by atoms with van der Waals surface area (Å²) in [5.74, 6) is 0. The van der Waals surface area contributed by atoms with Crippen molar-refractivity contribution in [1.29, 1.82) is 0 Å². The number of nitrogens with one attached hydrogen (secondary N) is 1. The SMILES string of the molecule is CC(C)NC(O)Cc1ccn(C(C)C)n1. The van der Waals surface area contributed by atoms with Gasteiger partial charge < -0.3 is 5.11 Å². The second-order valence-corrected chi connectivity index (χ2v) is 4.42. The third-order valence-electron chi connectivity index (χ3n) is 2.12. The molecule has 86 valence electrons. The lowest BCUT2D eigenvalue weighted by molar-refractivity contribution is 0.126. The maximum absolute atomic E-state index is 9.66. The second-order valence-electron chi connectivity index (χ2n) is 4.42. The van der Waals surface area contributed by atoms with Crippen LogP contribution in [0, 0.1) is 0 Å². The highest BCUT2D eigenvalue weighted by molar-refractivity contribution is 5.00. The Balaban J connectivity index is 2.49. The lowest BCUT2D eigenvalue weighted by atomic mass is 10.2. The van der Waals surface area contributed by atoms with Gasteiger partial charge in [-0.25, -0.2) is 0 Å². The van der Waals surface area contributed by atoms with Crippen LogP contribution in [-0.4, -0.2) is 27.2 Å². The summed E-state index contributed by atoms with van der Waals surface area (Å²) < 4.78 is 1.90. The minimum Gasteiger partial charge on any atom is -0.378 e. The maximum Gasteiger partial charge on any atom is 0.110 e. The van der Waals surface area contributed by atoms with Crippen LogP contribution in [0.15, 0.2) is 12.3 Å². The Labute approximate surface area is 91.3 Å². The van der Waals surface area contributed by atoms with Crippen LogP contribution in [0.1, 0.15) is 39.4 Å². The van der Waals surface area contributed by atoms with Crippen LogP contribution >= 0.6 is 0 Å². The summed E-state index contributed by atoms with van der Waals surface area (Å²) in [5, 5.41) is 17.1. The predicted octanol–water partition coefficient (Wildman–Crippen LogP) is 1.32. The fourth-order valence-corrected chi connectivity index (χ4v) is 1.42. The molecule has 1 aromatic rings. The van der Waals surface area contributed by atoms with Gasteiger partial charge in [0, 0.05) is 24.7 Å². The van der Waals surface area contributed by atoms with Crippen LogP contribution in [-0.2, 0) is 6.42 Å². The van der Waals surface area contributed by atoms with Crippen LogP contribution < -0.4 is 5.32 Å². The van der Waals surface area contributed by atoms with Gasteiger partial charge in [-0.2, -0.15) is 5.10 Å². The summed E-state index contributed by atoms with van der Waals surface area (Å²) in [5.41, 5.74) is 0.921. The fraction of sp³-hybridized carbons (Fsp3) is 0.727. The molecular formula is C11H21N3O. The van der Waals surface area contributed by atoms with E-state index in [1.807, 2.05) is 30.8 Å². The third-order valence-corrected chi connectivity index (χ3v) is 2.12. The Morgan fingerprint density at radius 1 is 1.40 bits per heavy atom. The van der Waals surface area contributed by atoms with Gasteiger partial charge in [-0.3, -0.25) is 10.00 Å². The van der Waals surface area contributed by atoms with Crippen LogP contribution in [0.4, 0.5) is 0 Å². The zero-order valence-corrected chi connectivity index (χ0v) is 9.94. The first-order valence-electron chi connectivity index (χ1n) is 5.47. The molecule has 1 rings (SSSR count). The monoisotopic (exact) mass is 211 g/mol. The molecule has 1 unspecified atom stereocenters.